The highest BCUT2D eigenvalue weighted by Crippen LogP contribution is 2.42. The summed E-state index contributed by atoms with van der Waals surface area (Å²) in [5.41, 5.74) is 7.07. The van der Waals surface area contributed by atoms with Crippen molar-refractivity contribution in [2.24, 2.45) is 7.05 Å². The molecule has 0 amide bonds. The highest BCUT2D eigenvalue weighted by Gasteiger charge is 2.28. The lowest BCUT2D eigenvalue weighted by Gasteiger charge is -2.32. The molecule has 0 radical (unpaired) electrons. The summed E-state index contributed by atoms with van der Waals surface area (Å²) in [6, 6.07) is 20.3. The van der Waals surface area contributed by atoms with Crippen molar-refractivity contribution in [1.82, 2.24) is 30.2 Å². The molecular formula is C35H36Cl2N6O3. The zero-order valence-electron chi connectivity index (χ0n) is 25.7. The first-order valence-corrected chi connectivity index (χ1v) is 16.3. The molecule has 46 heavy (non-hydrogen) atoms. The van der Waals surface area contributed by atoms with Crippen molar-refractivity contribution in [1.29, 1.82) is 0 Å². The van der Waals surface area contributed by atoms with Gasteiger partial charge in [-0.15, -0.1) is 0 Å². The molecule has 3 heterocycles. The molecule has 238 valence electrons. The molecule has 7 rings (SSSR count). The second-order valence-corrected chi connectivity index (χ2v) is 13.0. The number of nitrogens with zero attached hydrogens (tertiary/aromatic N) is 4. The van der Waals surface area contributed by atoms with E-state index in [1.54, 1.807) is 7.11 Å². The van der Waals surface area contributed by atoms with E-state index in [-0.39, 0.29) is 12.2 Å². The smallest absolute Gasteiger partial charge is 0.218 e. The maximum absolute atomic E-state index is 9.59. The molecule has 2 aromatic carbocycles. The van der Waals surface area contributed by atoms with Crippen LogP contribution in [0.3, 0.4) is 0 Å². The SMILES string of the molecule is COc1nc(-c2cccc(-c3cccc(-c4ccc5c(n4)nc(CNC4CC(O)C4)n5C)c3Cl)c2Cl)ccc1CNC1CC(O)C1. The van der Waals surface area contributed by atoms with E-state index >= 15 is 0 Å². The molecule has 0 aliphatic heterocycles. The van der Waals surface area contributed by atoms with Gasteiger partial charge in [-0.1, -0.05) is 65.7 Å². The third-order valence-electron chi connectivity index (χ3n) is 9.17. The number of hydrogen-bond donors (Lipinski definition) is 4. The maximum atomic E-state index is 9.59. The molecule has 2 aliphatic rings. The number of aryl methyl sites for hydroxylation is 1. The number of nitrogens with one attached hydrogen (secondary N) is 2. The van der Waals surface area contributed by atoms with Gasteiger partial charge in [0.15, 0.2) is 5.65 Å². The molecule has 3 aromatic heterocycles. The standard InChI is InChI=1S/C35H36Cl2N6O3/c1-43-30-12-11-28(40-34(30)42-31(43)18-39-21-15-23(45)16-21)26-7-3-5-24(32(26)36)25-6-4-8-27(33(25)37)29-10-9-19(35(41-29)46-2)17-38-20-13-22(44)14-20/h3-12,20-23,38-39,44-45H,13-18H2,1-2H3. The number of imidazole rings is 1. The van der Waals surface area contributed by atoms with Gasteiger partial charge in [-0.3, -0.25) is 0 Å². The van der Waals surface area contributed by atoms with E-state index in [2.05, 4.69) is 10.6 Å². The van der Waals surface area contributed by atoms with Crippen LogP contribution in [0.15, 0.2) is 60.7 Å². The number of rotatable bonds is 10. The van der Waals surface area contributed by atoms with Crippen LogP contribution in [0.1, 0.15) is 37.1 Å². The molecule has 2 aliphatic carbocycles. The van der Waals surface area contributed by atoms with Crippen LogP contribution in [-0.2, 0) is 20.1 Å². The minimum Gasteiger partial charge on any atom is -0.481 e. The molecule has 0 atom stereocenters. The Balaban J connectivity index is 1.15. The van der Waals surface area contributed by atoms with Gasteiger partial charge >= 0.3 is 0 Å². The number of ether oxygens (including phenoxy) is 1. The van der Waals surface area contributed by atoms with E-state index in [0.717, 1.165) is 70.5 Å². The van der Waals surface area contributed by atoms with Crippen molar-refractivity contribution in [2.75, 3.05) is 7.11 Å². The fourth-order valence-electron chi connectivity index (χ4n) is 6.23. The Kier molecular flexibility index (Phi) is 8.71. The number of fused-ring (bicyclic) bond motifs is 1. The van der Waals surface area contributed by atoms with Crippen LogP contribution in [0.5, 0.6) is 5.88 Å². The average molecular weight is 660 g/mol. The van der Waals surface area contributed by atoms with Gasteiger partial charge in [0.25, 0.3) is 0 Å². The summed E-state index contributed by atoms with van der Waals surface area (Å²) < 4.78 is 7.68. The Morgan fingerprint density at radius 2 is 1.28 bits per heavy atom. The van der Waals surface area contributed by atoms with Gasteiger partial charge in [0.1, 0.15) is 5.82 Å². The first-order valence-electron chi connectivity index (χ1n) is 15.6. The van der Waals surface area contributed by atoms with Crippen molar-refractivity contribution in [3.05, 3.63) is 82.1 Å². The second-order valence-electron chi connectivity index (χ2n) is 12.2. The number of methoxy groups -OCH3 is 1. The first kappa shape index (κ1) is 31.1. The fourth-order valence-corrected chi connectivity index (χ4v) is 6.88. The van der Waals surface area contributed by atoms with Crippen molar-refractivity contribution in [3.8, 4) is 39.5 Å². The van der Waals surface area contributed by atoms with E-state index < -0.39 is 0 Å². The molecule has 0 bridgehead atoms. The van der Waals surface area contributed by atoms with Crippen LogP contribution in [-0.4, -0.2) is 61.1 Å². The molecule has 9 nitrogen and oxygen atoms in total. The molecule has 0 unspecified atom stereocenters. The van der Waals surface area contributed by atoms with Gasteiger partial charge in [-0.25, -0.2) is 15.0 Å². The normalized spacial score (nSPS) is 20.8. The van der Waals surface area contributed by atoms with E-state index in [9.17, 15) is 10.2 Å². The number of halogens is 2. The number of aromatic nitrogens is 4. The van der Waals surface area contributed by atoms with Crippen LogP contribution in [0.4, 0.5) is 0 Å². The third kappa shape index (κ3) is 5.99. The Bertz CT molecular complexity index is 1900. The fraction of sp³-hybridized carbons (Fsp3) is 0.343. The molecule has 5 aromatic rings. The van der Waals surface area contributed by atoms with E-state index in [0.29, 0.717) is 52.4 Å². The zero-order chi connectivity index (χ0) is 31.9. The quantitative estimate of drug-likeness (QED) is 0.146. The van der Waals surface area contributed by atoms with Gasteiger partial charge in [0.2, 0.25) is 5.88 Å². The van der Waals surface area contributed by atoms with E-state index in [4.69, 9.17) is 42.9 Å². The lowest BCUT2D eigenvalue weighted by Crippen LogP contribution is -2.44. The van der Waals surface area contributed by atoms with Crippen LogP contribution in [0, 0.1) is 0 Å². The van der Waals surface area contributed by atoms with Gasteiger partial charge < -0.3 is 30.2 Å². The second kappa shape index (κ2) is 12.9. The minimum absolute atomic E-state index is 0.201. The molecule has 2 saturated carbocycles. The average Bonchev–Trinajstić information content (AvgIpc) is 3.35. The van der Waals surface area contributed by atoms with Crippen LogP contribution < -0.4 is 15.4 Å². The number of benzene rings is 2. The number of hydrogen-bond acceptors (Lipinski definition) is 8. The highest BCUT2D eigenvalue weighted by molar-refractivity contribution is 6.39. The van der Waals surface area contributed by atoms with Gasteiger partial charge in [0.05, 0.1) is 52.8 Å². The Morgan fingerprint density at radius 3 is 1.87 bits per heavy atom. The summed E-state index contributed by atoms with van der Waals surface area (Å²) >= 11 is 14.2. The number of aliphatic hydroxyl groups is 2. The van der Waals surface area contributed by atoms with Crippen LogP contribution in [0.2, 0.25) is 10.0 Å². The van der Waals surface area contributed by atoms with E-state index in [1.165, 1.54) is 0 Å². The summed E-state index contributed by atoms with van der Waals surface area (Å²) in [5.74, 6) is 1.42. The van der Waals surface area contributed by atoms with Gasteiger partial charge in [-0.2, -0.15) is 0 Å². The summed E-state index contributed by atoms with van der Waals surface area (Å²) in [4.78, 5) is 14.5. The maximum Gasteiger partial charge on any atom is 0.218 e. The van der Waals surface area contributed by atoms with Gasteiger partial charge in [0, 0.05) is 53.5 Å². The van der Waals surface area contributed by atoms with Crippen LogP contribution >= 0.6 is 23.2 Å². The topological polar surface area (TPSA) is 117 Å². The summed E-state index contributed by atoms with van der Waals surface area (Å²) in [7, 11) is 3.60. The molecular weight excluding hydrogens is 623 g/mol. The summed E-state index contributed by atoms with van der Waals surface area (Å²) in [6.45, 7) is 1.21. The van der Waals surface area contributed by atoms with Crippen molar-refractivity contribution in [3.63, 3.8) is 0 Å². The monoisotopic (exact) mass is 658 g/mol. The van der Waals surface area contributed by atoms with Crippen molar-refractivity contribution >= 4 is 34.4 Å². The van der Waals surface area contributed by atoms with Crippen molar-refractivity contribution < 1.29 is 14.9 Å². The molecule has 11 heteroatoms. The molecule has 0 saturated heterocycles. The zero-order valence-corrected chi connectivity index (χ0v) is 27.2. The third-order valence-corrected chi connectivity index (χ3v) is 9.98. The predicted molar refractivity (Wildman–Crippen MR) is 181 cm³/mol. The van der Waals surface area contributed by atoms with Crippen molar-refractivity contribution in [2.45, 2.75) is 63.1 Å². The first-order chi connectivity index (χ1) is 22.3. The number of aliphatic hydroxyl groups excluding tert-OH is 2. The Hall–Kier alpha value is -3.57. The van der Waals surface area contributed by atoms with Crippen LogP contribution in [0.25, 0.3) is 44.8 Å². The Labute approximate surface area is 277 Å². The molecule has 4 N–H and O–H groups in total. The Morgan fingerprint density at radius 1 is 0.739 bits per heavy atom. The highest BCUT2D eigenvalue weighted by atomic mass is 35.5. The minimum atomic E-state index is -0.209. The van der Waals surface area contributed by atoms with Gasteiger partial charge in [-0.05, 0) is 43.9 Å². The lowest BCUT2D eigenvalue weighted by atomic mass is 9.89. The molecule has 0 spiro atoms. The summed E-state index contributed by atoms with van der Waals surface area (Å²) in [6.07, 6.45) is 2.67. The lowest BCUT2D eigenvalue weighted by molar-refractivity contribution is 0.0613. The largest absolute Gasteiger partial charge is 0.481 e. The number of pyridine rings is 2. The summed E-state index contributed by atoms with van der Waals surface area (Å²) in [5, 5.41) is 27.2. The van der Waals surface area contributed by atoms with E-state index in [1.807, 2.05) is 72.3 Å². The molecule has 2 fully saturated rings. The predicted octanol–water partition coefficient (Wildman–Crippen LogP) is 5.91.